The van der Waals surface area contributed by atoms with E-state index >= 15 is 0 Å². The molecule has 4 nitrogen and oxygen atoms in total. The maximum absolute atomic E-state index is 13.1. The second-order valence-corrected chi connectivity index (χ2v) is 8.48. The molecule has 0 aromatic heterocycles. The van der Waals surface area contributed by atoms with Crippen LogP contribution in [0.5, 0.6) is 0 Å². The molecule has 2 aromatic carbocycles. The van der Waals surface area contributed by atoms with Crippen LogP contribution < -0.4 is 0 Å². The predicted octanol–water partition coefficient (Wildman–Crippen LogP) is 5.78. The highest BCUT2D eigenvalue weighted by molar-refractivity contribution is 5.81. The number of fused-ring (bicyclic) bond motifs is 1. The van der Waals surface area contributed by atoms with Crippen LogP contribution in [0, 0.1) is 23.7 Å². The van der Waals surface area contributed by atoms with Gasteiger partial charge in [0, 0.05) is 11.1 Å². The molecule has 0 N–H and O–H groups in total. The van der Waals surface area contributed by atoms with Gasteiger partial charge < -0.3 is 9.47 Å². The van der Waals surface area contributed by atoms with Gasteiger partial charge in [-0.2, -0.15) is 26.3 Å². The zero-order chi connectivity index (χ0) is 24.7. The largest absolute Gasteiger partial charge is 0.461 e. The molecule has 4 unspecified atom stereocenters. The summed E-state index contributed by atoms with van der Waals surface area (Å²) in [6.07, 6.45) is -8.21. The average Bonchev–Trinajstić information content (AvgIpc) is 3.33. The van der Waals surface area contributed by atoms with Gasteiger partial charge >= 0.3 is 24.3 Å². The number of rotatable bonds is 6. The Morgan fingerprint density at radius 2 is 1.21 bits per heavy atom. The first kappa shape index (κ1) is 24.1. The molecule has 0 bridgehead atoms. The van der Waals surface area contributed by atoms with Crippen LogP contribution in [0.25, 0.3) is 0 Å². The first-order valence-electron chi connectivity index (χ1n) is 10.6. The fraction of sp³-hybridized carbons (Fsp3) is 0.417. The lowest BCUT2D eigenvalue weighted by Crippen LogP contribution is -2.22. The molecule has 2 saturated carbocycles. The van der Waals surface area contributed by atoms with Crippen LogP contribution in [-0.4, -0.2) is 11.9 Å². The van der Waals surface area contributed by atoms with Gasteiger partial charge in [-0.25, -0.2) is 0 Å². The van der Waals surface area contributed by atoms with E-state index in [1.165, 1.54) is 36.4 Å². The average molecular weight is 486 g/mol. The monoisotopic (exact) mass is 486 g/mol. The second-order valence-electron chi connectivity index (χ2n) is 8.48. The van der Waals surface area contributed by atoms with Crippen LogP contribution in [-0.2, 0) is 44.6 Å². The van der Waals surface area contributed by atoms with Crippen LogP contribution in [0.4, 0.5) is 26.3 Å². The van der Waals surface area contributed by atoms with E-state index in [0.29, 0.717) is 12.8 Å². The van der Waals surface area contributed by atoms with Crippen molar-refractivity contribution in [2.75, 3.05) is 0 Å². The van der Waals surface area contributed by atoms with E-state index in [2.05, 4.69) is 0 Å². The second kappa shape index (κ2) is 8.96. The van der Waals surface area contributed by atoms with Crippen molar-refractivity contribution in [3.63, 3.8) is 0 Å². The number of ether oxygens (including phenoxy) is 2. The minimum absolute atomic E-state index is 0.148. The summed E-state index contributed by atoms with van der Waals surface area (Å²) in [5, 5.41) is 0. The molecule has 2 aliphatic rings. The van der Waals surface area contributed by atoms with Crippen LogP contribution in [0.3, 0.4) is 0 Å². The summed E-state index contributed by atoms with van der Waals surface area (Å²) in [4.78, 5) is 25.0. The van der Waals surface area contributed by atoms with Crippen molar-refractivity contribution in [1.29, 1.82) is 0 Å². The molecule has 4 rings (SSSR count). The summed E-state index contributed by atoms with van der Waals surface area (Å²) in [6.45, 7) is -1.10. The summed E-state index contributed by atoms with van der Waals surface area (Å²) in [5.41, 5.74) is -2.13. The molecule has 34 heavy (non-hydrogen) atoms. The summed E-state index contributed by atoms with van der Waals surface area (Å²) < 4.78 is 88.9. The van der Waals surface area contributed by atoms with Crippen molar-refractivity contribution in [1.82, 2.24) is 0 Å². The number of carbonyl (C=O) groups is 2. The van der Waals surface area contributed by atoms with Crippen molar-refractivity contribution in [3.8, 4) is 0 Å². The van der Waals surface area contributed by atoms with Crippen molar-refractivity contribution in [3.05, 3.63) is 70.8 Å². The lowest BCUT2D eigenvalue weighted by atomic mass is 10.00. The van der Waals surface area contributed by atoms with E-state index in [-0.39, 0.29) is 23.0 Å². The van der Waals surface area contributed by atoms with Gasteiger partial charge in [-0.05, 0) is 36.8 Å². The van der Waals surface area contributed by atoms with Gasteiger partial charge in [0.1, 0.15) is 13.2 Å². The molecular formula is C24H20F6O4. The van der Waals surface area contributed by atoms with E-state index in [1.54, 1.807) is 0 Å². The molecule has 10 heteroatoms. The summed E-state index contributed by atoms with van der Waals surface area (Å²) >= 11 is 0. The Morgan fingerprint density at radius 1 is 0.735 bits per heavy atom. The number of benzene rings is 2. The summed E-state index contributed by atoms with van der Waals surface area (Å²) in [5.74, 6) is -3.20. The van der Waals surface area contributed by atoms with Crippen molar-refractivity contribution < 1.29 is 45.4 Å². The van der Waals surface area contributed by atoms with Gasteiger partial charge in [0.2, 0.25) is 0 Å². The minimum atomic E-state index is -4.59. The number of carbonyl (C=O) groups excluding carboxylic acids is 2. The normalized spacial score (nSPS) is 23.8. The SMILES string of the molecule is O=C(OCc1ccccc1C(F)(F)F)C1CCC2C(C(=O)OCc3ccccc3C(F)(F)F)C12. The fourth-order valence-corrected chi connectivity index (χ4v) is 4.84. The Labute approximate surface area is 190 Å². The third-order valence-electron chi connectivity index (χ3n) is 6.47. The van der Waals surface area contributed by atoms with Gasteiger partial charge in [0.15, 0.2) is 0 Å². The summed E-state index contributed by atoms with van der Waals surface area (Å²) in [7, 11) is 0. The molecule has 0 saturated heterocycles. The van der Waals surface area contributed by atoms with Crippen molar-refractivity contribution in [2.24, 2.45) is 23.7 Å². The highest BCUT2D eigenvalue weighted by Crippen LogP contribution is 2.61. The lowest BCUT2D eigenvalue weighted by molar-refractivity contribution is -0.154. The standard InChI is InChI=1S/C24H20F6O4/c25-23(26,27)17-7-3-1-5-13(17)11-33-21(31)16-10-9-15-19(16)20(15)22(32)34-12-14-6-2-4-8-18(14)24(28,29)30/h1-8,15-16,19-20H,9-12H2. The fourth-order valence-electron chi connectivity index (χ4n) is 4.84. The van der Waals surface area contributed by atoms with E-state index < -0.39 is 60.5 Å². The molecule has 0 aliphatic heterocycles. The molecule has 2 aliphatic carbocycles. The summed E-state index contributed by atoms with van der Waals surface area (Å²) in [6, 6.07) is 9.55. The number of halogens is 6. The molecule has 0 radical (unpaired) electrons. The topological polar surface area (TPSA) is 52.6 Å². The number of alkyl halides is 6. The van der Waals surface area contributed by atoms with Crippen LogP contribution in [0.1, 0.15) is 35.1 Å². The number of esters is 2. The van der Waals surface area contributed by atoms with Gasteiger partial charge in [0.25, 0.3) is 0 Å². The van der Waals surface area contributed by atoms with Gasteiger partial charge in [-0.3, -0.25) is 9.59 Å². The molecule has 4 atom stereocenters. The molecule has 2 aromatic rings. The van der Waals surface area contributed by atoms with Crippen molar-refractivity contribution >= 4 is 11.9 Å². The number of hydrogen-bond donors (Lipinski definition) is 0. The molecular weight excluding hydrogens is 466 g/mol. The Bertz CT molecular complexity index is 1080. The zero-order valence-electron chi connectivity index (χ0n) is 17.7. The molecule has 182 valence electrons. The van der Waals surface area contributed by atoms with E-state index in [0.717, 1.165) is 12.1 Å². The smallest absolute Gasteiger partial charge is 0.416 e. The van der Waals surface area contributed by atoms with E-state index in [1.807, 2.05) is 0 Å². The van der Waals surface area contributed by atoms with E-state index in [9.17, 15) is 35.9 Å². The van der Waals surface area contributed by atoms with Crippen LogP contribution in [0.2, 0.25) is 0 Å². The Hall–Kier alpha value is -3.04. The first-order valence-corrected chi connectivity index (χ1v) is 10.6. The highest BCUT2D eigenvalue weighted by Gasteiger charge is 2.64. The Balaban J connectivity index is 1.34. The minimum Gasteiger partial charge on any atom is -0.461 e. The predicted molar refractivity (Wildman–Crippen MR) is 106 cm³/mol. The first-order chi connectivity index (χ1) is 16.0. The number of hydrogen-bond acceptors (Lipinski definition) is 4. The Morgan fingerprint density at radius 3 is 1.71 bits per heavy atom. The highest BCUT2D eigenvalue weighted by atomic mass is 19.4. The molecule has 0 heterocycles. The van der Waals surface area contributed by atoms with Gasteiger partial charge in [-0.15, -0.1) is 0 Å². The maximum atomic E-state index is 13.1. The third kappa shape index (κ3) is 4.90. The third-order valence-corrected chi connectivity index (χ3v) is 6.47. The molecule has 2 fully saturated rings. The van der Waals surface area contributed by atoms with Gasteiger partial charge in [-0.1, -0.05) is 36.4 Å². The van der Waals surface area contributed by atoms with Crippen LogP contribution >= 0.6 is 0 Å². The Kier molecular flexibility index (Phi) is 6.35. The van der Waals surface area contributed by atoms with Gasteiger partial charge in [0.05, 0.1) is 23.0 Å². The lowest BCUT2D eigenvalue weighted by Gasteiger charge is -2.16. The maximum Gasteiger partial charge on any atom is 0.416 e. The van der Waals surface area contributed by atoms with E-state index in [4.69, 9.17) is 9.47 Å². The quantitative estimate of drug-likeness (QED) is 0.384. The molecule has 0 amide bonds. The molecule has 0 spiro atoms. The zero-order valence-corrected chi connectivity index (χ0v) is 17.7. The van der Waals surface area contributed by atoms with Crippen molar-refractivity contribution in [2.45, 2.75) is 38.4 Å². The van der Waals surface area contributed by atoms with Crippen LogP contribution in [0.15, 0.2) is 48.5 Å².